The third-order valence-electron chi connectivity index (χ3n) is 3.70. The van der Waals surface area contributed by atoms with E-state index in [1.54, 1.807) is 0 Å². The van der Waals surface area contributed by atoms with Gasteiger partial charge in [-0.1, -0.05) is 44.2 Å². The number of hydrogen-bond acceptors (Lipinski definition) is 2. The van der Waals surface area contributed by atoms with Gasteiger partial charge < -0.3 is 15.7 Å². The summed E-state index contributed by atoms with van der Waals surface area (Å²) >= 11 is 0. The van der Waals surface area contributed by atoms with E-state index in [1.165, 1.54) is 0 Å². The third-order valence-corrected chi connectivity index (χ3v) is 3.70. The number of urea groups is 1. The van der Waals surface area contributed by atoms with Crippen LogP contribution >= 0.6 is 0 Å². The summed E-state index contributed by atoms with van der Waals surface area (Å²) in [4.78, 5) is 22.9. The van der Waals surface area contributed by atoms with Crippen molar-refractivity contribution in [3.63, 3.8) is 0 Å². The number of benzene rings is 1. The quantitative estimate of drug-likeness (QED) is 0.772. The summed E-state index contributed by atoms with van der Waals surface area (Å²) in [5.41, 5.74) is 0.937. The van der Waals surface area contributed by atoms with Crippen LogP contribution in [0.15, 0.2) is 30.3 Å². The van der Waals surface area contributed by atoms with Gasteiger partial charge in [0.15, 0.2) is 0 Å². The smallest absolute Gasteiger partial charge is 0.315 e. The molecule has 2 unspecified atom stereocenters. The molecular weight excluding hydrogens is 256 g/mol. The van der Waals surface area contributed by atoms with Gasteiger partial charge in [-0.15, -0.1) is 0 Å². The van der Waals surface area contributed by atoms with Gasteiger partial charge in [0.25, 0.3) is 0 Å². The fraction of sp³-hybridized carbons (Fsp3) is 0.467. The zero-order valence-corrected chi connectivity index (χ0v) is 11.7. The summed E-state index contributed by atoms with van der Waals surface area (Å²) < 4.78 is 0. The van der Waals surface area contributed by atoms with E-state index < -0.39 is 12.0 Å². The van der Waals surface area contributed by atoms with Crippen molar-refractivity contribution >= 4 is 12.0 Å². The molecule has 1 aromatic carbocycles. The Morgan fingerprint density at radius 1 is 1.35 bits per heavy atom. The van der Waals surface area contributed by atoms with E-state index in [4.69, 9.17) is 5.11 Å². The molecule has 20 heavy (non-hydrogen) atoms. The summed E-state index contributed by atoms with van der Waals surface area (Å²) in [6.07, 6.45) is 0.820. The van der Waals surface area contributed by atoms with Gasteiger partial charge in [-0.3, -0.25) is 4.79 Å². The monoisotopic (exact) mass is 276 g/mol. The molecule has 2 atom stereocenters. The maximum atomic E-state index is 11.9. The van der Waals surface area contributed by atoms with Crippen LogP contribution in [-0.4, -0.2) is 23.1 Å². The molecule has 2 amide bonds. The molecule has 1 saturated carbocycles. The van der Waals surface area contributed by atoms with Crippen LogP contribution in [-0.2, 0) is 4.79 Å². The van der Waals surface area contributed by atoms with Gasteiger partial charge in [0.2, 0.25) is 0 Å². The SMILES string of the molecule is CC1(C)CC1NC(=O)NC(CC(=O)O)c1ccccc1. The summed E-state index contributed by atoms with van der Waals surface area (Å²) in [7, 11) is 0. The van der Waals surface area contributed by atoms with E-state index in [0.29, 0.717) is 0 Å². The third kappa shape index (κ3) is 3.73. The van der Waals surface area contributed by atoms with Crippen molar-refractivity contribution in [1.82, 2.24) is 10.6 Å². The predicted octanol–water partition coefficient (Wildman–Crippen LogP) is 2.30. The molecular formula is C15H20N2O3. The molecule has 0 spiro atoms. The lowest BCUT2D eigenvalue weighted by molar-refractivity contribution is -0.137. The van der Waals surface area contributed by atoms with Gasteiger partial charge in [0.1, 0.15) is 0 Å². The molecule has 3 N–H and O–H groups in total. The lowest BCUT2D eigenvalue weighted by Crippen LogP contribution is -2.40. The minimum Gasteiger partial charge on any atom is -0.481 e. The molecule has 1 aromatic rings. The van der Waals surface area contributed by atoms with E-state index in [1.807, 2.05) is 30.3 Å². The average Bonchev–Trinajstić information content (AvgIpc) is 2.96. The lowest BCUT2D eigenvalue weighted by Gasteiger charge is -2.18. The highest BCUT2D eigenvalue weighted by Crippen LogP contribution is 2.44. The van der Waals surface area contributed by atoms with Crippen LogP contribution in [0.2, 0.25) is 0 Å². The minimum absolute atomic E-state index is 0.133. The summed E-state index contributed by atoms with van der Waals surface area (Å²) in [5.74, 6) is -0.939. The number of amides is 2. The van der Waals surface area contributed by atoms with Crippen LogP contribution in [0.4, 0.5) is 4.79 Å². The van der Waals surface area contributed by atoms with Crippen molar-refractivity contribution in [2.75, 3.05) is 0 Å². The average molecular weight is 276 g/mol. The molecule has 5 nitrogen and oxygen atoms in total. The maximum Gasteiger partial charge on any atom is 0.315 e. The molecule has 0 saturated heterocycles. The number of carbonyl (C=O) groups excluding carboxylic acids is 1. The fourth-order valence-corrected chi connectivity index (χ4v) is 2.18. The molecule has 1 aliphatic rings. The molecule has 5 heteroatoms. The number of nitrogens with one attached hydrogen (secondary N) is 2. The van der Waals surface area contributed by atoms with Gasteiger partial charge in [-0.05, 0) is 17.4 Å². The van der Waals surface area contributed by atoms with Crippen LogP contribution in [0.3, 0.4) is 0 Å². The van der Waals surface area contributed by atoms with Crippen LogP contribution in [0.5, 0.6) is 0 Å². The maximum absolute atomic E-state index is 11.9. The summed E-state index contributed by atoms with van der Waals surface area (Å²) in [6.45, 7) is 4.17. The first kappa shape index (κ1) is 14.4. The number of rotatable bonds is 5. The largest absolute Gasteiger partial charge is 0.481 e. The van der Waals surface area contributed by atoms with Crippen molar-refractivity contribution in [2.24, 2.45) is 5.41 Å². The minimum atomic E-state index is -0.939. The number of hydrogen-bond donors (Lipinski definition) is 3. The zero-order valence-electron chi connectivity index (χ0n) is 11.7. The molecule has 0 heterocycles. The predicted molar refractivity (Wildman–Crippen MR) is 75.3 cm³/mol. The summed E-state index contributed by atoms with van der Waals surface area (Å²) in [5, 5.41) is 14.6. The van der Waals surface area contributed by atoms with E-state index in [9.17, 15) is 9.59 Å². The lowest BCUT2D eigenvalue weighted by atomic mass is 10.0. The Hall–Kier alpha value is -2.04. The topological polar surface area (TPSA) is 78.4 Å². The Labute approximate surface area is 118 Å². The van der Waals surface area contributed by atoms with E-state index in [-0.39, 0.29) is 23.9 Å². The van der Waals surface area contributed by atoms with Gasteiger partial charge in [-0.2, -0.15) is 0 Å². The van der Waals surface area contributed by atoms with E-state index >= 15 is 0 Å². The molecule has 1 aliphatic carbocycles. The van der Waals surface area contributed by atoms with E-state index in [2.05, 4.69) is 24.5 Å². The zero-order chi connectivity index (χ0) is 14.8. The fourth-order valence-electron chi connectivity index (χ4n) is 2.18. The first-order valence-electron chi connectivity index (χ1n) is 6.72. The Morgan fingerprint density at radius 2 is 1.95 bits per heavy atom. The Morgan fingerprint density at radius 3 is 2.45 bits per heavy atom. The normalized spacial score (nSPS) is 20.8. The standard InChI is InChI=1S/C15H20N2O3/c1-15(2)9-12(15)17-14(20)16-11(8-13(18)19)10-6-4-3-5-7-10/h3-7,11-12H,8-9H2,1-2H3,(H,18,19)(H2,16,17,20). The number of carboxylic acid groups (broad SMARTS) is 1. The first-order chi connectivity index (χ1) is 9.38. The van der Waals surface area contributed by atoms with Crippen molar-refractivity contribution in [3.8, 4) is 0 Å². The van der Waals surface area contributed by atoms with Crippen LogP contribution in [0, 0.1) is 5.41 Å². The Bertz CT molecular complexity index is 499. The number of aliphatic carboxylic acids is 1. The van der Waals surface area contributed by atoms with Gasteiger partial charge >= 0.3 is 12.0 Å². The molecule has 1 fully saturated rings. The van der Waals surface area contributed by atoms with Gasteiger partial charge in [0, 0.05) is 6.04 Å². The highest BCUT2D eigenvalue weighted by atomic mass is 16.4. The highest BCUT2D eigenvalue weighted by Gasteiger charge is 2.46. The molecule has 0 bridgehead atoms. The molecule has 0 aromatic heterocycles. The van der Waals surface area contributed by atoms with Crippen LogP contribution in [0.1, 0.15) is 38.3 Å². The van der Waals surface area contributed by atoms with Crippen molar-refractivity contribution in [1.29, 1.82) is 0 Å². The summed E-state index contributed by atoms with van der Waals surface area (Å²) in [6, 6.07) is 8.48. The Kier molecular flexibility index (Phi) is 3.97. The second-order valence-electron chi connectivity index (χ2n) is 5.92. The number of carbonyl (C=O) groups is 2. The van der Waals surface area contributed by atoms with Crippen molar-refractivity contribution in [2.45, 2.75) is 38.8 Å². The van der Waals surface area contributed by atoms with Crippen molar-refractivity contribution < 1.29 is 14.7 Å². The molecule has 108 valence electrons. The highest BCUT2D eigenvalue weighted by molar-refractivity contribution is 5.76. The second-order valence-corrected chi connectivity index (χ2v) is 5.92. The number of carboxylic acids is 1. The van der Waals surface area contributed by atoms with Gasteiger partial charge in [0.05, 0.1) is 12.5 Å². The first-order valence-corrected chi connectivity index (χ1v) is 6.72. The molecule has 0 radical (unpaired) electrons. The molecule has 0 aliphatic heterocycles. The second kappa shape index (κ2) is 5.53. The van der Waals surface area contributed by atoms with Crippen LogP contribution in [0.25, 0.3) is 0 Å². The van der Waals surface area contributed by atoms with Gasteiger partial charge in [-0.25, -0.2) is 4.79 Å². The molecule has 2 rings (SSSR count). The Balaban J connectivity index is 1.97. The van der Waals surface area contributed by atoms with E-state index in [0.717, 1.165) is 12.0 Å². The van der Waals surface area contributed by atoms with Crippen LogP contribution < -0.4 is 10.6 Å². The van der Waals surface area contributed by atoms with Crippen molar-refractivity contribution in [3.05, 3.63) is 35.9 Å².